The van der Waals surface area contributed by atoms with Gasteiger partial charge in [0.2, 0.25) is 5.91 Å². The highest BCUT2D eigenvalue weighted by molar-refractivity contribution is 5.94. The van der Waals surface area contributed by atoms with Crippen LogP contribution >= 0.6 is 0 Å². The molecule has 6 nitrogen and oxygen atoms in total. The number of rotatable bonds is 6. The molecule has 0 spiro atoms. The second kappa shape index (κ2) is 10.7. The van der Waals surface area contributed by atoms with Gasteiger partial charge in [-0.2, -0.15) is 0 Å². The Hall–Kier alpha value is -2.76. The molecule has 0 unspecified atom stereocenters. The fraction of sp³-hybridized carbons (Fsp3) is 0.538. The van der Waals surface area contributed by atoms with Crippen LogP contribution in [0.4, 0.5) is 0 Å². The summed E-state index contributed by atoms with van der Waals surface area (Å²) in [6, 6.07) is 9.74. The molecule has 2 amide bonds. The molecule has 1 saturated carbocycles. The number of amides is 2. The number of aromatic nitrogens is 2. The maximum Gasteiger partial charge on any atom is 0.254 e. The third-order valence-corrected chi connectivity index (χ3v) is 6.85. The van der Waals surface area contributed by atoms with Gasteiger partial charge < -0.3 is 10.2 Å². The van der Waals surface area contributed by atoms with Gasteiger partial charge in [-0.25, -0.2) is 9.97 Å². The molecule has 6 heteroatoms. The van der Waals surface area contributed by atoms with Crippen LogP contribution in [-0.4, -0.2) is 33.2 Å². The van der Waals surface area contributed by atoms with Crippen molar-refractivity contribution in [1.29, 1.82) is 0 Å². The molecule has 1 saturated heterocycles. The number of carbonyl (C=O) groups excluding carboxylic acids is 2. The third-order valence-electron chi connectivity index (χ3n) is 6.85. The summed E-state index contributed by atoms with van der Waals surface area (Å²) in [5.41, 5.74) is 2.19. The van der Waals surface area contributed by atoms with Crippen molar-refractivity contribution in [3.8, 4) is 0 Å². The van der Waals surface area contributed by atoms with Gasteiger partial charge in [0.25, 0.3) is 5.91 Å². The van der Waals surface area contributed by atoms with Gasteiger partial charge in [-0.3, -0.25) is 9.59 Å². The third kappa shape index (κ3) is 5.53. The Bertz CT molecular complexity index is 925. The Morgan fingerprint density at radius 1 is 1.03 bits per heavy atom. The molecule has 4 rings (SSSR count). The standard InChI is InChI=1S/C26H34N4O2/c1-19-22(26(32)28-17-21-12-6-3-7-13-21)18-27-25(29-19)23-14-8-9-15-30(23)24(31)16-20-10-4-2-5-11-20/h3,6-7,12-13,18,20,23H,2,4-5,8-11,14-17H2,1H3,(H,28,32)/t23-/m0/s1. The average molecular weight is 435 g/mol. The lowest BCUT2D eigenvalue weighted by molar-refractivity contribution is -0.136. The summed E-state index contributed by atoms with van der Waals surface area (Å²) in [6.07, 6.45) is 11.4. The van der Waals surface area contributed by atoms with Crippen molar-refractivity contribution in [1.82, 2.24) is 20.2 Å². The molecule has 1 atom stereocenters. The number of benzene rings is 1. The molecule has 1 N–H and O–H groups in total. The Morgan fingerprint density at radius 3 is 2.53 bits per heavy atom. The predicted octanol–water partition coefficient (Wildman–Crippen LogP) is 4.74. The van der Waals surface area contributed by atoms with E-state index in [9.17, 15) is 9.59 Å². The van der Waals surface area contributed by atoms with Gasteiger partial charge in [0.05, 0.1) is 17.3 Å². The molecule has 170 valence electrons. The smallest absolute Gasteiger partial charge is 0.254 e. The number of nitrogens with one attached hydrogen (secondary N) is 1. The van der Waals surface area contributed by atoms with E-state index in [2.05, 4.69) is 15.3 Å². The van der Waals surface area contributed by atoms with Crippen LogP contribution in [0, 0.1) is 12.8 Å². The van der Waals surface area contributed by atoms with Gasteiger partial charge in [-0.1, -0.05) is 49.6 Å². The second-order valence-electron chi connectivity index (χ2n) is 9.20. The van der Waals surface area contributed by atoms with E-state index in [1.807, 2.05) is 42.2 Å². The Labute approximate surface area is 190 Å². The molecule has 2 aliphatic rings. The van der Waals surface area contributed by atoms with Crippen LogP contribution < -0.4 is 5.32 Å². The molecule has 0 bridgehead atoms. The minimum absolute atomic E-state index is 0.0834. The summed E-state index contributed by atoms with van der Waals surface area (Å²) < 4.78 is 0. The van der Waals surface area contributed by atoms with Crippen molar-refractivity contribution in [2.75, 3.05) is 6.54 Å². The van der Waals surface area contributed by atoms with Gasteiger partial charge in [0.1, 0.15) is 0 Å². The molecule has 32 heavy (non-hydrogen) atoms. The number of carbonyl (C=O) groups is 2. The Morgan fingerprint density at radius 2 is 1.78 bits per heavy atom. The summed E-state index contributed by atoms with van der Waals surface area (Å²) in [5, 5.41) is 2.94. The van der Waals surface area contributed by atoms with Gasteiger partial charge in [-0.05, 0) is 50.5 Å². The normalized spacial score (nSPS) is 19.5. The summed E-state index contributed by atoms with van der Waals surface area (Å²) in [5.74, 6) is 1.26. The van der Waals surface area contributed by atoms with Crippen molar-refractivity contribution in [2.24, 2.45) is 5.92 Å². The highest BCUT2D eigenvalue weighted by atomic mass is 16.2. The monoisotopic (exact) mass is 434 g/mol. The maximum atomic E-state index is 13.1. The van der Waals surface area contributed by atoms with Crippen LogP contribution in [0.2, 0.25) is 0 Å². The predicted molar refractivity (Wildman–Crippen MR) is 124 cm³/mol. The second-order valence-corrected chi connectivity index (χ2v) is 9.20. The number of nitrogens with zero attached hydrogens (tertiary/aromatic N) is 3. The maximum absolute atomic E-state index is 13.1. The van der Waals surface area contributed by atoms with Gasteiger partial charge in [0.15, 0.2) is 5.82 Å². The molecular formula is C26H34N4O2. The lowest BCUT2D eigenvalue weighted by atomic mass is 9.86. The first-order chi connectivity index (χ1) is 15.6. The zero-order chi connectivity index (χ0) is 22.3. The van der Waals surface area contributed by atoms with Crippen LogP contribution in [0.25, 0.3) is 0 Å². The van der Waals surface area contributed by atoms with Gasteiger partial charge in [-0.15, -0.1) is 0 Å². The van der Waals surface area contributed by atoms with E-state index in [-0.39, 0.29) is 17.9 Å². The molecule has 1 aromatic carbocycles. The van der Waals surface area contributed by atoms with E-state index in [0.717, 1.165) is 31.4 Å². The van der Waals surface area contributed by atoms with Crippen LogP contribution in [0.3, 0.4) is 0 Å². The van der Waals surface area contributed by atoms with Crippen LogP contribution in [0.5, 0.6) is 0 Å². The highest BCUT2D eigenvalue weighted by Gasteiger charge is 2.31. The summed E-state index contributed by atoms with van der Waals surface area (Å²) in [6.45, 7) is 3.09. The zero-order valence-electron chi connectivity index (χ0n) is 19.1. The van der Waals surface area contributed by atoms with E-state index in [1.165, 1.54) is 32.1 Å². The highest BCUT2D eigenvalue weighted by Crippen LogP contribution is 2.32. The van der Waals surface area contributed by atoms with Crippen molar-refractivity contribution >= 4 is 11.8 Å². The van der Waals surface area contributed by atoms with Crippen molar-refractivity contribution in [3.05, 3.63) is 59.2 Å². The molecule has 1 aliphatic heterocycles. The van der Waals surface area contributed by atoms with Gasteiger partial charge in [0, 0.05) is 25.7 Å². The Kier molecular flexibility index (Phi) is 7.51. The minimum Gasteiger partial charge on any atom is -0.348 e. The fourth-order valence-electron chi connectivity index (χ4n) is 5.00. The fourth-order valence-corrected chi connectivity index (χ4v) is 5.00. The van der Waals surface area contributed by atoms with Crippen LogP contribution in [0.1, 0.15) is 91.3 Å². The van der Waals surface area contributed by atoms with Crippen LogP contribution in [0.15, 0.2) is 36.5 Å². The topological polar surface area (TPSA) is 75.2 Å². The quantitative estimate of drug-likeness (QED) is 0.713. The van der Waals surface area contributed by atoms with Crippen LogP contribution in [-0.2, 0) is 11.3 Å². The lowest BCUT2D eigenvalue weighted by Crippen LogP contribution is -2.40. The lowest BCUT2D eigenvalue weighted by Gasteiger charge is -2.36. The first-order valence-electron chi connectivity index (χ1n) is 12.1. The molecule has 2 aromatic rings. The number of hydrogen-bond acceptors (Lipinski definition) is 4. The first-order valence-corrected chi connectivity index (χ1v) is 12.1. The van der Waals surface area contributed by atoms with Gasteiger partial charge >= 0.3 is 0 Å². The molecule has 1 aromatic heterocycles. The largest absolute Gasteiger partial charge is 0.348 e. The Balaban J connectivity index is 1.42. The van der Waals surface area contributed by atoms with E-state index in [1.54, 1.807) is 6.20 Å². The summed E-state index contributed by atoms with van der Waals surface area (Å²) in [4.78, 5) is 37.0. The van der Waals surface area contributed by atoms with Crippen molar-refractivity contribution < 1.29 is 9.59 Å². The molecule has 2 fully saturated rings. The molecule has 1 aliphatic carbocycles. The molecule has 0 radical (unpaired) electrons. The SMILES string of the molecule is Cc1nc([C@@H]2CCCCN2C(=O)CC2CCCCC2)ncc1C(=O)NCc1ccccc1. The number of hydrogen-bond donors (Lipinski definition) is 1. The van der Waals surface area contributed by atoms with Crippen molar-refractivity contribution in [2.45, 2.75) is 77.3 Å². The van der Waals surface area contributed by atoms with E-state index >= 15 is 0 Å². The number of piperidine rings is 1. The minimum atomic E-state index is -0.174. The summed E-state index contributed by atoms with van der Waals surface area (Å²) >= 11 is 0. The molecular weight excluding hydrogens is 400 g/mol. The van der Waals surface area contributed by atoms with E-state index < -0.39 is 0 Å². The van der Waals surface area contributed by atoms with E-state index in [4.69, 9.17) is 0 Å². The number of likely N-dealkylation sites (tertiary alicyclic amines) is 1. The molecule has 2 heterocycles. The summed E-state index contributed by atoms with van der Waals surface area (Å²) in [7, 11) is 0. The first kappa shape index (κ1) is 22.4. The van der Waals surface area contributed by atoms with E-state index in [0.29, 0.717) is 36.0 Å². The number of aryl methyl sites for hydroxylation is 1. The zero-order valence-corrected chi connectivity index (χ0v) is 19.1. The average Bonchev–Trinajstić information content (AvgIpc) is 2.84. The van der Waals surface area contributed by atoms with Crippen molar-refractivity contribution in [3.63, 3.8) is 0 Å².